The number of ketones is 1. The molecule has 1 aliphatic carbocycles. The van der Waals surface area contributed by atoms with Crippen molar-refractivity contribution in [1.82, 2.24) is 9.55 Å². The van der Waals surface area contributed by atoms with Crippen LogP contribution in [0.1, 0.15) is 35.8 Å². The van der Waals surface area contributed by atoms with Gasteiger partial charge >= 0.3 is 0 Å². The molecule has 3 heteroatoms. The molecule has 1 aliphatic rings. The van der Waals surface area contributed by atoms with Gasteiger partial charge in [-0.1, -0.05) is 0 Å². The zero-order valence-corrected chi connectivity index (χ0v) is 9.36. The minimum atomic E-state index is 0.261. The second kappa shape index (κ2) is 3.44. The van der Waals surface area contributed by atoms with E-state index in [9.17, 15) is 4.79 Å². The first-order valence-electron chi connectivity index (χ1n) is 5.82. The third-order valence-electron chi connectivity index (χ3n) is 3.34. The van der Waals surface area contributed by atoms with Gasteiger partial charge in [0.25, 0.3) is 0 Å². The summed E-state index contributed by atoms with van der Waals surface area (Å²) >= 11 is 0. The minimum Gasteiger partial charge on any atom is -0.343 e. The molecule has 0 bridgehead atoms. The largest absolute Gasteiger partial charge is 0.343 e. The lowest BCUT2D eigenvalue weighted by molar-refractivity contribution is 0.0973. The number of rotatable bonds is 1. The number of hydrogen-bond donors (Lipinski definition) is 0. The molecular weight excluding hydrogens is 200 g/mol. The Morgan fingerprint density at radius 1 is 1.44 bits per heavy atom. The molecule has 0 aromatic carbocycles. The van der Waals surface area contributed by atoms with Crippen LogP contribution in [0.15, 0.2) is 18.3 Å². The van der Waals surface area contributed by atoms with Crippen LogP contribution in [0.25, 0.3) is 11.0 Å². The lowest BCUT2D eigenvalue weighted by Crippen LogP contribution is -2.12. The SMILES string of the molecule is CCn1c2c(c3ncccc31)C(=O)CCC2. The minimum absolute atomic E-state index is 0.261. The van der Waals surface area contributed by atoms with E-state index in [0.717, 1.165) is 36.0 Å². The summed E-state index contributed by atoms with van der Waals surface area (Å²) in [6, 6.07) is 3.99. The molecule has 0 amide bonds. The predicted molar refractivity (Wildman–Crippen MR) is 62.7 cm³/mol. The lowest BCUT2D eigenvalue weighted by Gasteiger charge is -2.13. The molecule has 2 heterocycles. The topological polar surface area (TPSA) is 34.9 Å². The monoisotopic (exact) mass is 214 g/mol. The molecule has 0 spiro atoms. The molecule has 0 saturated carbocycles. The molecule has 0 atom stereocenters. The molecule has 0 saturated heterocycles. The number of nitrogens with zero attached hydrogens (tertiary/aromatic N) is 2. The van der Waals surface area contributed by atoms with Gasteiger partial charge < -0.3 is 4.57 Å². The van der Waals surface area contributed by atoms with Gasteiger partial charge in [0.2, 0.25) is 0 Å². The Morgan fingerprint density at radius 3 is 3.12 bits per heavy atom. The van der Waals surface area contributed by atoms with Gasteiger partial charge in [-0.15, -0.1) is 0 Å². The van der Waals surface area contributed by atoms with Gasteiger partial charge in [-0.3, -0.25) is 9.78 Å². The van der Waals surface area contributed by atoms with Crippen LogP contribution in [0.4, 0.5) is 0 Å². The third kappa shape index (κ3) is 1.14. The second-order valence-corrected chi connectivity index (χ2v) is 4.21. The number of carbonyl (C=O) groups is 1. The average molecular weight is 214 g/mol. The Balaban J connectivity index is 2.43. The summed E-state index contributed by atoms with van der Waals surface area (Å²) in [6.45, 7) is 3.02. The van der Waals surface area contributed by atoms with Crippen molar-refractivity contribution in [3.8, 4) is 0 Å². The first kappa shape index (κ1) is 9.58. The summed E-state index contributed by atoms with van der Waals surface area (Å²) in [4.78, 5) is 16.3. The summed E-state index contributed by atoms with van der Waals surface area (Å²) in [5, 5.41) is 0. The quantitative estimate of drug-likeness (QED) is 0.731. The number of hydrogen-bond acceptors (Lipinski definition) is 2. The number of carbonyl (C=O) groups excluding carboxylic acids is 1. The van der Waals surface area contributed by atoms with Crippen molar-refractivity contribution in [2.24, 2.45) is 0 Å². The van der Waals surface area contributed by atoms with Crippen LogP contribution in [-0.2, 0) is 13.0 Å². The van der Waals surface area contributed by atoms with Crippen molar-refractivity contribution in [3.05, 3.63) is 29.6 Å². The highest BCUT2D eigenvalue weighted by molar-refractivity contribution is 6.08. The molecule has 2 aromatic heterocycles. The molecule has 16 heavy (non-hydrogen) atoms. The van der Waals surface area contributed by atoms with Gasteiger partial charge in [0, 0.05) is 24.9 Å². The van der Waals surface area contributed by atoms with E-state index in [1.807, 2.05) is 6.07 Å². The highest BCUT2D eigenvalue weighted by atomic mass is 16.1. The van der Waals surface area contributed by atoms with Crippen LogP contribution in [0, 0.1) is 0 Å². The fourth-order valence-electron chi connectivity index (χ4n) is 2.68. The number of Topliss-reactive ketones (excluding diaryl/α,β-unsaturated/α-hetero) is 1. The van der Waals surface area contributed by atoms with Crippen molar-refractivity contribution in [2.45, 2.75) is 32.7 Å². The van der Waals surface area contributed by atoms with Crippen LogP contribution >= 0.6 is 0 Å². The van der Waals surface area contributed by atoms with Crippen LogP contribution in [0.3, 0.4) is 0 Å². The Morgan fingerprint density at radius 2 is 2.31 bits per heavy atom. The Hall–Kier alpha value is -1.64. The molecule has 82 valence electrons. The van der Waals surface area contributed by atoms with E-state index in [1.54, 1.807) is 6.20 Å². The smallest absolute Gasteiger partial charge is 0.166 e. The average Bonchev–Trinajstić information content (AvgIpc) is 2.64. The first-order valence-corrected chi connectivity index (χ1v) is 5.82. The lowest BCUT2D eigenvalue weighted by atomic mass is 9.96. The summed E-state index contributed by atoms with van der Waals surface area (Å²) in [5.74, 6) is 0.261. The van der Waals surface area contributed by atoms with E-state index in [4.69, 9.17) is 0 Å². The zero-order chi connectivity index (χ0) is 11.1. The molecular formula is C13H14N2O. The maximum absolute atomic E-state index is 12.0. The van der Waals surface area contributed by atoms with E-state index >= 15 is 0 Å². The molecule has 2 aromatic rings. The summed E-state index contributed by atoms with van der Waals surface area (Å²) in [5.41, 5.74) is 4.06. The Kier molecular flexibility index (Phi) is 2.06. The Labute approximate surface area is 94.1 Å². The maximum Gasteiger partial charge on any atom is 0.166 e. The molecule has 3 nitrogen and oxygen atoms in total. The highest BCUT2D eigenvalue weighted by Gasteiger charge is 2.25. The van der Waals surface area contributed by atoms with Crippen LogP contribution in [0.5, 0.6) is 0 Å². The molecule has 0 N–H and O–H groups in total. The molecule has 0 fully saturated rings. The fourth-order valence-corrected chi connectivity index (χ4v) is 2.68. The van der Waals surface area contributed by atoms with Gasteiger partial charge in [0.1, 0.15) is 0 Å². The first-order chi connectivity index (χ1) is 7.83. The normalized spacial score (nSPS) is 15.4. The van der Waals surface area contributed by atoms with Gasteiger partial charge in [-0.05, 0) is 31.9 Å². The van der Waals surface area contributed by atoms with Gasteiger partial charge in [0.05, 0.1) is 16.6 Å². The molecule has 0 radical (unpaired) electrons. The van der Waals surface area contributed by atoms with E-state index in [1.165, 1.54) is 5.69 Å². The van der Waals surface area contributed by atoms with Gasteiger partial charge in [0.15, 0.2) is 5.78 Å². The summed E-state index contributed by atoms with van der Waals surface area (Å²) in [6.07, 6.45) is 4.42. The van der Waals surface area contributed by atoms with E-state index in [-0.39, 0.29) is 5.78 Å². The maximum atomic E-state index is 12.0. The number of pyridine rings is 1. The Bertz CT molecular complexity index is 569. The molecule has 3 rings (SSSR count). The van der Waals surface area contributed by atoms with Crippen molar-refractivity contribution in [2.75, 3.05) is 0 Å². The number of fused-ring (bicyclic) bond motifs is 3. The number of aryl methyl sites for hydroxylation is 1. The van der Waals surface area contributed by atoms with E-state index in [0.29, 0.717) is 6.42 Å². The van der Waals surface area contributed by atoms with Crippen molar-refractivity contribution in [3.63, 3.8) is 0 Å². The fraction of sp³-hybridized carbons (Fsp3) is 0.385. The van der Waals surface area contributed by atoms with Crippen LogP contribution < -0.4 is 0 Å². The highest BCUT2D eigenvalue weighted by Crippen LogP contribution is 2.30. The van der Waals surface area contributed by atoms with E-state index in [2.05, 4.69) is 22.5 Å². The summed E-state index contributed by atoms with van der Waals surface area (Å²) < 4.78 is 2.23. The number of aromatic nitrogens is 2. The van der Waals surface area contributed by atoms with Gasteiger partial charge in [-0.25, -0.2) is 0 Å². The van der Waals surface area contributed by atoms with E-state index < -0.39 is 0 Å². The molecule has 0 aliphatic heterocycles. The predicted octanol–water partition coefficient (Wildman–Crippen LogP) is 2.58. The standard InChI is InChI=1S/C13H14N2O/c1-2-15-9-5-3-7-11(16)12(9)13-10(15)6-4-8-14-13/h4,6,8H,2-3,5,7H2,1H3. The van der Waals surface area contributed by atoms with Gasteiger partial charge in [-0.2, -0.15) is 0 Å². The molecule has 0 unspecified atom stereocenters. The zero-order valence-electron chi connectivity index (χ0n) is 9.36. The van der Waals surface area contributed by atoms with Crippen LogP contribution in [0.2, 0.25) is 0 Å². The second-order valence-electron chi connectivity index (χ2n) is 4.21. The van der Waals surface area contributed by atoms with Crippen molar-refractivity contribution >= 4 is 16.8 Å². The summed E-state index contributed by atoms with van der Waals surface area (Å²) in [7, 11) is 0. The van der Waals surface area contributed by atoms with Crippen molar-refractivity contribution < 1.29 is 4.79 Å². The third-order valence-corrected chi connectivity index (χ3v) is 3.34. The van der Waals surface area contributed by atoms with Crippen LogP contribution in [-0.4, -0.2) is 15.3 Å². The van der Waals surface area contributed by atoms with Crippen molar-refractivity contribution in [1.29, 1.82) is 0 Å².